The van der Waals surface area contributed by atoms with Gasteiger partial charge in [0.15, 0.2) is 0 Å². The lowest BCUT2D eigenvalue weighted by Crippen LogP contribution is -2.37. The normalized spacial score (nSPS) is 20.7. The fourth-order valence-electron chi connectivity index (χ4n) is 3.36. The molecule has 1 aromatic heterocycles. The fourth-order valence-corrected chi connectivity index (χ4v) is 3.36. The van der Waals surface area contributed by atoms with Crippen molar-refractivity contribution >= 4 is 0 Å². The zero-order valence-corrected chi connectivity index (χ0v) is 15.3. The SMILES string of the molecule is CCOC[C@@]1(COc2ccccc2)CCN(Cc2ccc(C)nc2)C1. The van der Waals surface area contributed by atoms with E-state index in [2.05, 4.69) is 28.9 Å². The monoisotopic (exact) mass is 340 g/mol. The van der Waals surface area contributed by atoms with Gasteiger partial charge in [0, 0.05) is 37.0 Å². The van der Waals surface area contributed by atoms with Crippen molar-refractivity contribution in [1.82, 2.24) is 9.88 Å². The molecule has 1 atom stereocenters. The van der Waals surface area contributed by atoms with Crippen molar-refractivity contribution in [1.29, 1.82) is 0 Å². The largest absolute Gasteiger partial charge is 0.493 e. The Hall–Kier alpha value is -1.91. The van der Waals surface area contributed by atoms with Crippen molar-refractivity contribution in [2.45, 2.75) is 26.8 Å². The Morgan fingerprint density at radius 2 is 1.96 bits per heavy atom. The Morgan fingerprint density at radius 1 is 1.12 bits per heavy atom. The maximum atomic E-state index is 6.09. The van der Waals surface area contributed by atoms with E-state index in [1.165, 1.54) is 5.56 Å². The van der Waals surface area contributed by atoms with Gasteiger partial charge in [-0.2, -0.15) is 0 Å². The highest BCUT2D eigenvalue weighted by atomic mass is 16.5. The van der Waals surface area contributed by atoms with Crippen LogP contribution in [0, 0.1) is 12.3 Å². The highest BCUT2D eigenvalue weighted by Gasteiger charge is 2.39. The number of para-hydroxylation sites is 1. The summed E-state index contributed by atoms with van der Waals surface area (Å²) in [6.07, 6.45) is 3.08. The zero-order valence-electron chi connectivity index (χ0n) is 15.3. The Kier molecular flexibility index (Phi) is 6.05. The fraction of sp³-hybridized carbons (Fsp3) is 0.476. The molecule has 0 bridgehead atoms. The van der Waals surface area contributed by atoms with Gasteiger partial charge in [0.1, 0.15) is 5.75 Å². The molecule has 0 N–H and O–H groups in total. The summed E-state index contributed by atoms with van der Waals surface area (Å²) in [5, 5.41) is 0. The van der Waals surface area contributed by atoms with Crippen LogP contribution in [0.15, 0.2) is 48.7 Å². The Labute approximate surface area is 150 Å². The first-order valence-corrected chi connectivity index (χ1v) is 9.09. The first kappa shape index (κ1) is 17.9. The van der Waals surface area contributed by atoms with E-state index in [4.69, 9.17) is 9.47 Å². The molecule has 134 valence electrons. The summed E-state index contributed by atoms with van der Waals surface area (Å²) in [4.78, 5) is 6.89. The molecule has 1 aliphatic rings. The molecule has 2 heterocycles. The van der Waals surface area contributed by atoms with Crippen molar-refractivity contribution in [3.8, 4) is 5.75 Å². The van der Waals surface area contributed by atoms with E-state index in [9.17, 15) is 0 Å². The highest BCUT2D eigenvalue weighted by Crippen LogP contribution is 2.33. The van der Waals surface area contributed by atoms with Crippen LogP contribution in [-0.4, -0.2) is 42.8 Å². The molecule has 2 aromatic rings. The molecule has 0 amide bonds. The lowest BCUT2D eigenvalue weighted by molar-refractivity contribution is 0.0234. The van der Waals surface area contributed by atoms with Crippen LogP contribution in [0.1, 0.15) is 24.6 Å². The zero-order chi connectivity index (χ0) is 17.5. The minimum atomic E-state index is 0.0595. The predicted octanol–water partition coefficient (Wildman–Crippen LogP) is 3.70. The lowest BCUT2D eigenvalue weighted by Gasteiger charge is -2.29. The number of ether oxygens (including phenoxy) is 2. The standard InChI is InChI=1S/C21H28N2O2/c1-3-24-16-21(17-25-20-7-5-4-6-8-20)11-12-23(15-21)14-19-10-9-18(2)22-13-19/h4-10,13H,3,11-12,14-17H2,1-2H3/t21-/m1/s1. The topological polar surface area (TPSA) is 34.6 Å². The lowest BCUT2D eigenvalue weighted by atomic mass is 9.89. The van der Waals surface area contributed by atoms with E-state index in [0.717, 1.165) is 50.7 Å². The predicted molar refractivity (Wildman–Crippen MR) is 99.7 cm³/mol. The van der Waals surface area contributed by atoms with Gasteiger partial charge < -0.3 is 9.47 Å². The molecule has 1 fully saturated rings. The molecular weight excluding hydrogens is 312 g/mol. The van der Waals surface area contributed by atoms with Gasteiger partial charge in [-0.3, -0.25) is 9.88 Å². The van der Waals surface area contributed by atoms with Crippen LogP contribution >= 0.6 is 0 Å². The highest BCUT2D eigenvalue weighted by molar-refractivity contribution is 5.21. The summed E-state index contributed by atoms with van der Waals surface area (Å²) in [7, 11) is 0. The van der Waals surface area contributed by atoms with Crippen molar-refractivity contribution in [3.63, 3.8) is 0 Å². The number of rotatable bonds is 8. The van der Waals surface area contributed by atoms with Crippen molar-refractivity contribution in [2.24, 2.45) is 5.41 Å². The van der Waals surface area contributed by atoms with Gasteiger partial charge >= 0.3 is 0 Å². The number of pyridine rings is 1. The molecule has 4 nitrogen and oxygen atoms in total. The summed E-state index contributed by atoms with van der Waals surface area (Å²) in [5.74, 6) is 0.930. The second-order valence-electron chi connectivity index (χ2n) is 7.01. The summed E-state index contributed by atoms with van der Waals surface area (Å²) >= 11 is 0. The summed E-state index contributed by atoms with van der Waals surface area (Å²) in [5.41, 5.74) is 2.39. The number of hydrogen-bond donors (Lipinski definition) is 0. The van der Waals surface area contributed by atoms with Crippen molar-refractivity contribution < 1.29 is 9.47 Å². The average Bonchev–Trinajstić information content (AvgIpc) is 3.04. The molecule has 0 unspecified atom stereocenters. The van der Waals surface area contributed by atoms with Gasteiger partial charge in [-0.15, -0.1) is 0 Å². The van der Waals surface area contributed by atoms with Crippen molar-refractivity contribution in [3.05, 3.63) is 59.9 Å². The molecule has 0 radical (unpaired) electrons. The molecule has 0 aliphatic carbocycles. The van der Waals surface area contributed by atoms with Crippen LogP contribution in [0.25, 0.3) is 0 Å². The minimum Gasteiger partial charge on any atom is -0.493 e. The smallest absolute Gasteiger partial charge is 0.119 e. The molecule has 1 aromatic carbocycles. The number of aryl methyl sites for hydroxylation is 1. The third-order valence-corrected chi connectivity index (χ3v) is 4.80. The summed E-state index contributed by atoms with van der Waals surface area (Å²) < 4.78 is 11.9. The van der Waals surface area contributed by atoms with E-state index < -0.39 is 0 Å². The maximum Gasteiger partial charge on any atom is 0.119 e. The van der Waals surface area contributed by atoms with Crippen LogP contribution in [0.3, 0.4) is 0 Å². The number of nitrogens with zero attached hydrogens (tertiary/aromatic N) is 2. The second kappa shape index (κ2) is 8.45. The number of hydrogen-bond acceptors (Lipinski definition) is 4. The van der Waals surface area contributed by atoms with Crippen LogP contribution in [-0.2, 0) is 11.3 Å². The van der Waals surface area contributed by atoms with Crippen LogP contribution in [0.5, 0.6) is 5.75 Å². The van der Waals surface area contributed by atoms with Crippen LogP contribution in [0.2, 0.25) is 0 Å². The average molecular weight is 340 g/mol. The summed E-state index contributed by atoms with van der Waals surface area (Å²) in [6.45, 7) is 9.26. The van der Waals surface area contributed by atoms with E-state index in [1.54, 1.807) is 0 Å². The first-order chi connectivity index (χ1) is 12.2. The van der Waals surface area contributed by atoms with E-state index in [0.29, 0.717) is 6.61 Å². The molecule has 1 aliphatic heterocycles. The van der Waals surface area contributed by atoms with Gasteiger partial charge in [0.2, 0.25) is 0 Å². The van der Waals surface area contributed by atoms with Gasteiger partial charge in [-0.25, -0.2) is 0 Å². The molecule has 1 saturated heterocycles. The summed E-state index contributed by atoms with van der Waals surface area (Å²) in [6, 6.07) is 14.3. The van der Waals surface area contributed by atoms with E-state index in [1.807, 2.05) is 43.5 Å². The van der Waals surface area contributed by atoms with E-state index >= 15 is 0 Å². The minimum absolute atomic E-state index is 0.0595. The number of likely N-dealkylation sites (tertiary alicyclic amines) is 1. The first-order valence-electron chi connectivity index (χ1n) is 9.09. The van der Waals surface area contributed by atoms with Gasteiger partial charge in [0.05, 0.1) is 13.2 Å². The maximum absolute atomic E-state index is 6.09. The quantitative estimate of drug-likeness (QED) is 0.734. The Balaban J connectivity index is 1.61. The van der Waals surface area contributed by atoms with Crippen molar-refractivity contribution in [2.75, 3.05) is 32.9 Å². The van der Waals surface area contributed by atoms with Gasteiger partial charge in [-0.05, 0) is 50.6 Å². The number of aromatic nitrogens is 1. The Bertz CT molecular complexity index is 645. The van der Waals surface area contributed by atoms with Gasteiger partial charge in [-0.1, -0.05) is 24.3 Å². The Morgan fingerprint density at radius 3 is 2.68 bits per heavy atom. The molecule has 25 heavy (non-hydrogen) atoms. The second-order valence-corrected chi connectivity index (χ2v) is 7.01. The van der Waals surface area contributed by atoms with Crippen LogP contribution in [0.4, 0.5) is 0 Å². The molecule has 3 rings (SSSR count). The molecular formula is C21H28N2O2. The molecule has 0 saturated carbocycles. The third-order valence-electron chi connectivity index (χ3n) is 4.80. The van der Waals surface area contributed by atoms with Crippen LogP contribution < -0.4 is 4.74 Å². The van der Waals surface area contributed by atoms with Gasteiger partial charge in [0.25, 0.3) is 0 Å². The number of benzene rings is 1. The third kappa shape index (κ3) is 5.03. The molecule has 0 spiro atoms. The van der Waals surface area contributed by atoms with E-state index in [-0.39, 0.29) is 5.41 Å². The molecule has 4 heteroatoms.